The predicted molar refractivity (Wildman–Crippen MR) is 115 cm³/mol. The van der Waals surface area contributed by atoms with Crippen molar-refractivity contribution in [1.82, 2.24) is 4.57 Å². The number of furan rings is 1. The Morgan fingerprint density at radius 3 is 2.52 bits per heavy atom. The van der Waals surface area contributed by atoms with Crippen LogP contribution in [-0.2, 0) is 13.1 Å². The Morgan fingerprint density at radius 1 is 1.00 bits per heavy atom. The van der Waals surface area contributed by atoms with Crippen molar-refractivity contribution in [2.45, 2.75) is 13.1 Å². The van der Waals surface area contributed by atoms with Crippen molar-refractivity contribution in [2.75, 3.05) is 7.11 Å². The van der Waals surface area contributed by atoms with E-state index in [0.29, 0.717) is 12.1 Å². The van der Waals surface area contributed by atoms with Crippen molar-refractivity contribution in [3.8, 4) is 5.75 Å². The predicted octanol–water partition coefficient (Wildman–Crippen LogP) is 1.62. The molecule has 2 aromatic heterocycles. The van der Waals surface area contributed by atoms with Gasteiger partial charge in [0.05, 0.1) is 7.11 Å². The summed E-state index contributed by atoms with van der Waals surface area (Å²) in [4.78, 5) is 12.9. The fourth-order valence-corrected chi connectivity index (χ4v) is 3.80. The van der Waals surface area contributed by atoms with Gasteiger partial charge >= 0.3 is 0 Å². The number of methoxy groups -OCH3 is 1. The van der Waals surface area contributed by atoms with Gasteiger partial charge in [0.15, 0.2) is 17.6 Å². The van der Waals surface area contributed by atoms with Crippen LogP contribution in [0.25, 0.3) is 22.0 Å². The minimum atomic E-state index is 0. The molecule has 5 aromatic rings. The second-order valence-electron chi connectivity index (χ2n) is 7.26. The first-order chi connectivity index (χ1) is 14.7. The van der Waals surface area contributed by atoms with Gasteiger partial charge in [-0.2, -0.15) is 0 Å². The van der Waals surface area contributed by atoms with E-state index in [1.165, 1.54) is 0 Å². The Labute approximate surface area is 190 Å². The molecule has 6 heteroatoms. The second-order valence-corrected chi connectivity index (χ2v) is 7.26. The second kappa shape index (κ2) is 8.78. The molecular weight excluding hydrogens is 456 g/mol. The van der Waals surface area contributed by atoms with Crippen LogP contribution in [0, 0.1) is 0 Å². The van der Waals surface area contributed by atoms with Crippen LogP contribution >= 0.6 is 0 Å². The normalized spacial score (nSPS) is 10.9. The zero-order valence-corrected chi connectivity index (χ0v) is 18.6. The minimum Gasteiger partial charge on any atom is -1.00 e. The highest BCUT2D eigenvalue weighted by Gasteiger charge is 2.20. The molecule has 0 radical (unpaired) electrons. The van der Waals surface area contributed by atoms with Crippen molar-refractivity contribution in [3.05, 3.63) is 96.5 Å². The number of Topliss-reactive ketones (excluding diaryl/α,β-unsaturated/α-hetero) is 1. The monoisotopic (exact) mass is 476 g/mol. The maximum absolute atomic E-state index is 12.9. The fraction of sp³-hybridized carbons (Fsp3) is 0.120. The maximum atomic E-state index is 12.9. The van der Waals surface area contributed by atoms with E-state index in [1.807, 2.05) is 65.5 Å². The molecule has 0 amide bonds. The van der Waals surface area contributed by atoms with E-state index in [9.17, 15) is 4.79 Å². The minimum absolute atomic E-state index is 0. The molecule has 0 bridgehead atoms. The summed E-state index contributed by atoms with van der Waals surface area (Å²) in [6.07, 6.45) is 1.99. The van der Waals surface area contributed by atoms with Crippen molar-refractivity contribution in [1.29, 1.82) is 0 Å². The summed E-state index contributed by atoms with van der Waals surface area (Å²) >= 11 is 0. The molecule has 0 saturated carbocycles. The number of carbonyl (C=O) groups is 1. The van der Waals surface area contributed by atoms with Gasteiger partial charge in [0.1, 0.15) is 23.6 Å². The van der Waals surface area contributed by atoms with Crippen LogP contribution in [0.1, 0.15) is 16.1 Å². The molecule has 0 aliphatic heterocycles. The van der Waals surface area contributed by atoms with E-state index in [-0.39, 0.29) is 29.3 Å². The Morgan fingerprint density at radius 2 is 1.74 bits per heavy atom. The summed E-state index contributed by atoms with van der Waals surface area (Å²) in [6, 6.07) is 25.4. The Bertz CT molecular complexity index is 1320. The third kappa shape index (κ3) is 4.11. The summed E-state index contributed by atoms with van der Waals surface area (Å²) in [5, 5.41) is 1.09. The summed E-state index contributed by atoms with van der Waals surface area (Å²) in [7, 11) is 1.61. The van der Waals surface area contributed by atoms with Gasteiger partial charge in [-0.3, -0.25) is 4.79 Å². The number of para-hydroxylation sites is 3. The van der Waals surface area contributed by atoms with Crippen LogP contribution in [0.15, 0.2) is 89.6 Å². The summed E-state index contributed by atoms with van der Waals surface area (Å²) in [5.74, 6) is 1.67. The molecule has 0 N–H and O–H groups in total. The fourth-order valence-electron chi connectivity index (χ4n) is 3.80. The van der Waals surface area contributed by atoms with Gasteiger partial charge in [0.25, 0.3) is 0 Å². The molecule has 3 aromatic carbocycles. The zero-order chi connectivity index (χ0) is 20.5. The third-order valence-corrected chi connectivity index (χ3v) is 5.31. The number of nitrogens with zero attached hydrogens (tertiary/aromatic N) is 2. The van der Waals surface area contributed by atoms with E-state index >= 15 is 0 Å². The van der Waals surface area contributed by atoms with Crippen LogP contribution in [-0.4, -0.2) is 17.5 Å². The van der Waals surface area contributed by atoms with Gasteiger partial charge in [-0.1, -0.05) is 30.3 Å². The lowest BCUT2D eigenvalue weighted by Crippen LogP contribution is -3.00. The smallest absolute Gasteiger partial charge is 0.245 e. The van der Waals surface area contributed by atoms with Crippen molar-refractivity contribution >= 4 is 27.8 Å². The van der Waals surface area contributed by atoms with Gasteiger partial charge < -0.3 is 26.1 Å². The highest BCUT2D eigenvalue weighted by molar-refractivity contribution is 5.95. The van der Waals surface area contributed by atoms with Crippen molar-refractivity contribution in [3.63, 3.8) is 0 Å². The maximum Gasteiger partial charge on any atom is 0.245 e. The van der Waals surface area contributed by atoms with E-state index in [1.54, 1.807) is 19.2 Å². The molecule has 0 unspecified atom stereocenters. The number of hydrogen-bond acceptors (Lipinski definition) is 3. The van der Waals surface area contributed by atoms with Crippen LogP contribution in [0.5, 0.6) is 5.75 Å². The number of fused-ring (bicyclic) bond motifs is 2. The quantitative estimate of drug-likeness (QED) is 0.276. The molecule has 5 nitrogen and oxygen atoms in total. The average Bonchev–Trinajstić information content (AvgIpc) is 3.35. The molecule has 0 fully saturated rings. The van der Waals surface area contributed by atoms with Crippen LogP contribution in [0.2, 0.25) is 0 Å². The number of halogens is 1. The standard InChI is InChI=1S/C25H21N2O3.BrH/c1-29-20-12-10-18(11-13-20)24(28)16-27-17-26(22-7-3-4-8-23(22)27)15-21-14-19-6-2-5-9-25(19)30-21;/h2-14,17H,15-16H2,1H3;1H/q+1;/p-1. The number of aromatic nitrogens is 2. The molecule has 0 atom stereocenters. The summed E-state index contributed by atoms with van der Waals surface area (Å²) in [5.41, 5.74) is 3.61. The highest BCUT2D eigenvalue weighted by atomic mass is 79.9. The number of ketones is 1. The van der Waals surface area contributed by atoms with E-state index in [4.69, 9.17) is 9.15 Å². The largest absolute Gasteiger partial charge is 1.00 e. The molecule has 0 aliphatic carbocycles. The summed E-state index contributed by atoms with van der Waals surface area (Å²) < 4.78 is 15.3. The molecular formula is C25H21BrN2O3. The van der Waals surface area contributed by atoms with E-state index < -0.39 is 0 Å². The lowest BCUT2D eigenvalue weighted by atomic mass is 10.1. The lowest BCUT2D eigenvalue weighted by molar-refractivity contribution is -0.657. The van der Waals surface area contributed by atoms with Gasteiger partial charge in [0.2, 0.25) is 12.1 Å². The molecule has 0 spiro atoms. The zero-order valence-electron chi connectivity index (χ0n) is 17.0. The molecule has 0 saturated heterocycles. The van der Waals surface area contributed by atoms with Crippen LogP contribution in [0.4, 0.5) is 0 Å². The van der Waals surface area contributed by atoms with Crippen LogP contribution in [0.3, 0.4) is 0 Å². The first kappa shape index (κ1) is 20.9. The van der Waals surface area contributed by atoms with E-state index in [0.717, 1.165) is 33.5 Å². The molecule has 156 valence electrons. The number of benzene rings is 3. The third-order valence-electron chi connectivity index (χ3n) is 5.31. The van der Waals surface area contributed by atoms with E-state index in [2.05, 4.69) is 16.7 Å². The number of hydrogen-bond donors (Lipinski definition) is 0. The molecule has 0 aliphatic rings. The number of imidazole rings is 1. The van der Waals surface area contributed by atoms with Crippen molar-refractivity contribution in [2.24, 2.45) is 0 Å². The summed E-state index contributed by atoms with van der Waals surface area (Å²) in [6.45, 7) is 0.860. The number of carbonyl (C=O) groups excluding carboxylic acids is 1. The molecule has 5 rings (SSSR count). The van der Waals surface area contributed by atoms with Gasteiger partial charge in [-0.25, -0.2) is 9.13 Å². The van der Waals surface area contributed by atoms with Gasteiger partial charge in [-0.15, -0.1) is 0 Å². The van der Waals surface area contributed by atoms with Crippen LogP contribution < -0.4 is 26.3 Å². The highest BCUT2D eigenvalue weighted by Crippen LogP contribution is 2.21. The Hall–Kier alpha value is -3.38. The van der Waals surface area contributed by atoms with Gasteiger partial charge in [-0.05, 0) is 48.5 Å². The number of ether oxygens (including phenoxy) is 1. The first-order valence-electron chi connectivity index (χ1n) is 9.83. The average molecular weight is 477 g/mol. The molecule has 2 heterocycles. The van der Waals surface area contributed by atoms with Crippen molar-refractivity contribution < 1.29 is 35.5 Å². The lowest BCUT2D eigenvalue weighted by Gasteiger charge is -2.02. The number of rotatable bonds is 6. The SMILES string of the molecule is COc1ccc(C(=O)C[n+]2cn(Cc3cc4ccccc4o3)c3ccccc32)cc1.[Br-]. The Kier molecular flexibility index (Phi) is 5.91. The topological polar surface area (TPSA) is 48.2 Å². The first-order valence-corrected chi connectivity index (χ1v) is 9.83. The van der Waals surface area contributed by atoms with Gasteiger partial charge in [0, 0.05) is 10.9 Å². The Balaban J connectivity index is 0.00000231. The molecule has 31 heavy (non-hydrogen) atoms.